The van der Waals surface area contributed by atoms with E-state index in [4.69, 9.17) is 5.73 Å². The van der Waals surface area contributed by atoms with Gasteiger partial charge in [-0.1, -0.05) is 0 Å². The molecule has 5 nitrogen and oxygen atoms in total. The normalized spacial score (nSPS) is 20.5. The molecule has 1 saturated heterocycles. The molecule has 1 aliphatic rings. The maximum absolute atomic E-state index is 11.8. The second-order valence-electron chi connectivity index (χ2n) is 3.92. The minimum Gasteiger partial charge on any atom is -0.320 e. The van der Waals surface area contributed by atoms with E-state index in [-0.39, 0.29) is 18.2 Å². The maximum Gasteiger partial charge on any atom is 0.250 e. The van der Waals surface area contributed by atoms with Crippen LogP contribution in [0.25, 0.3) is 0 Å². The van der Waals surface area contributed by atoms with Crippen molar-refractivity contribution in [3.63, 3.8) is 0 Å². The second kappa shape index (κ2) is 4.47. The fourth-order valence-electron chi connectivity index (χ4n) is 1.78. The van der Waals surface area contributed by atoms with Crippen LogP contribution in [-0.2, 0) is 9.59 Å². The van der Waals surface area contributed by atoms with Gasteiger partial charge in [-0.25, -0.2) is 4.90 Å². The van der Waals surface area contributed by atoms with E-state index in [0.29, 0.717) is 24.0 Å². The zero-order chi connectivity index (χ0) is 12.4. The average molecular weight is 232 g/mol. The van der Waals surface area contributed by atoms with Gasteiger partial charge in [-0.3, -0.25) is 14.4 Å². The zero-order valence-corrected chi connectivity index (χ0v) is 9.13. The number of carbonyl (C=O) groups excluding carboxylic acids is 3. The summed E-state index contributed by atoms with van der Waals surface area (Å²) in [5.74, 6) is -0.643. The molecule has 1 aromatic rings. The number of rotatable bonds is 2. The molecular weight excluding hydrogens is 220 g/mol. The molecule has 1 fully saturated rings. The van der Waals surface area contributed by atoms with E-state index in [9.17, 15) is 14.4 Å². The highest BCUT2D eigenvalue weighted by Gasteiger charge is 2.32. The summed E-state index contributed by atoms with van der Waals surface area (Å²) in [7, 11) is 0. The third-order valence-electron chi connectivity index (χ3n) is 2.74. The lowest BCUT2D eigenvalue weighted by Gasteiger charge is -2.28. The van der Waals surface area contributed by atoms with E-state index >= 15 is 0 Å². The highest BCUT2D eigenvalue weighted by Crippen LogP contribution is 2.21. The van der Waals surface area contributed by atoms with Crippen LogP contribution >= 0.6 is 0 Å². The van der Waals surface area contributed by atoms with Crippen LogP contribution in [0.5, 0.6) is 0 Å². The molecule has 1 aromatic carbocycles. The van der Waals surface area contributed by atoms with Gasteiger partial charge in [0.05, 0.1) is 11.7 Å². The SMILES string of the molecule is NC1CCC(=O)N(c2ccc(C=O)cc2)C1=O. The number of nitrogens with two attached hydrogens (primary N) is 1. The summed E-state index contributed by atoms with van der Waals surface area (Å²) in [4.78, 5) is 35.1. The Morgan fingerprint density at radius 3 is 2.47 bits per heavy atom. The number of imide groups is 1. The van der Waals surface area contributed by atoms with Crippen LogP contribution in [0.15, 0.2) is 24.3 Å². The van der Waals surface area contributed by atoms with Gasteiger partial charge in [-0.15, -0.1) is 0 Å². The molecule has 88 valence electrons. The highest BCUT2D eigenvalue weighted by atomic mass is 16.2. The lowest BCUT2D eigenvalue weighted by Crippen LogP contribution is -2.51. The predicted octanol–water partition coefficient (Wildman–Crippen LogP) is 0.480. The molecular formula is C12H12N2O3. The molecule has 1 heterocycles. The lowest BCUT2D eigenvalue weighted by atomic mass is 10.0. The first-order valence-corrected chi connectivity index (χ1v) is 5.31. The lowest BCUT2D eigenvalue weighted by molar-refractivity contribution is -0.130. The van der Waals surface area contributed by atoms with E-state index in [1.807, 2.05) is 0 Å². The summed E-state index contributed by atoms with van der Waals surface area (Å²) in [5, 5.41) is 0. The summed E-state index contributed by atoms with van der Waals surface area (Å²) in [6, 6.07) is 5.62. The van der Waals surface area contributed by atoms with E-state index < -0.39 is 6.04 Å². The van der Waals surface area contributed by atoms with Gasteiger partial charge in [0, 0.05) is 12.0 Å². The van der Waals surface area contributed by atoms with Crippen molar-refractivity contribution in [2.45, 2.75) is 18.9 Å². The van der Waals surface area contributed by atoms with Crippen LogP contribution in [0.1, 0.15) is 23.2 Å². The number of aldehydes is 1. The molecule has 0 radical (unpaired) electrons. The molecule has 1 unspecified atom stereocenters. The van der Waals surface area contributed by atoms with Crippen LogP contribution in [0.2, 0.25) is 0 Å². The molecule has 0 aliphatic carbocycles. The first kappa shape index (κ1) is 11.5. The van der Waals surface area contributed by atoms with E-state index in [1.165, 1.54) is 0 Å². The van der Waals surface area contributed by atoms with E-state index in [0.717, 1.165) is 4.90 Å². The van der Waals surface area contributed by atoms with Crippen molar-refractivity contribution in [2.75, 3.05) is 4.90 Å². The molecule has 0 spiro atoms. The van der Waals surface area contributed by atoms with Crippen LogP contribution in [0.4, 0.5) is 5.69 Å². The van der Waals surface area contributed by atoms with Gasteiger partial charge < -0.3 is 5.73 Å². The maximum atomic E-state index is 11.8. The molecule has 17 heavy (non-hydrogen) atoms. The number of hydrogen-bond acceptors (Lipinski definition) is 4. The van der Waals surface area contributed by atoms with E-state index in [2.05, 4.69) is 0 Å². The first-order chi connectivity index (χ1) is 8.13. The predicted molar refractivity (Wildman–Crippen MR) is 61.5 cm³/mol. The van der Waals surface area contributed by atoms with Crippen LogP contribution in [0, 0.1) is 0 Å². The number of piperidine rings is 1. The number of carbonyl (C=O) groups is 3. The van der Waals surface area contributed by atoms with Gasteiger partial charge in [0.1, 0.15) is 6.29 Å². The van der Waals surface area contributed by atoms with Gasteiger partial charge in [0.25, 0.3) is 5.91 Å². The molecule has 5 heteroatoms. The Morgan fingerprint density at radius 1 is 1.24 bits per heavy atom. The number of amides is 2. The van der Waals surface area contributed by atoms with Crippen molar-refractivity contribution in [1.29, 1.82) is 0 Å². The Labute approximate surface area is 98.2 Å². The Balaban J connectivity index is 2.32. The third kappa shape index (κ3) is 2.09. The fraction of sp³-hybridized carbons (Fsp3) is 0.250. The molecule has 2 amide bonds. The van der Waals surface area contributed by atoms with Crippen molar-refractivity contribution >= 4 is 23.8 Å². The third-order valence-corrected chi connectivity index (χ3v) is 2.74. The largest absolute Gasteiger partial charge is 0.320 e. The Bertz CT molecular complexity index is 467. The average Bonchev–Trinajstić information content (AvgIpc) is 2.35. The van der Waals surface area contributed by atoms with Crippen molar-refractivity contribution in [1.82, 2.24) is 0 Å². The summed E-state index contributed by atoms with van der Waals surface area (Å²) < 4.78 is 0. The van der Waals surface area contributed by atoms with Gasteiger partial charge >= 0.3 is 0 Å². The number of benzene rings is 1. The van der Waals surface area contributed by atoms with Gasteiger partial charge in [-0.05, 0) is 30.7 Å². The van der Waals surface area contributed by atoms with Crippen molar-refractivity contribution in [2.24, 2.45) is 5.73 Å². The topological polar surface area (TPSA) is 80.5 Å². The minimum atomic E-state index is -0.626. The standard InChI is InChI=1S/C12H12N2O3/c13-10-5-6-11(16)14(12(10)17)9-3-1-8(7-15)2-4-9/h1-4,7,10H,5-6,13H2. The zero-order valence-electron chi connectivity index (χ0n) is 9.13. The molecule has 1 atom stereocenters. The summed E-state index contributed by atoms with van der Waals surface area (Å²) in [5.41, 5.74) is 6.58. The summed E-state index contributed by atoms with van der Waals surface area (Å²) in [6.45, 7) is 0. The smallest absolute Gasteiger partial charge is 0.250 e. The van der Waals surface area contributed by atoms with Gasteiger partial charge in [0.2, 0.25) is 5.91 Å². The van der Waals surface area contributed by atoms with Crippen molar-refractivity contribution in [3.8, 4) is 0 Å². The Kier molecular flexibility index (Phi) is 3.01. The molecule has 0 saturated carbocycles. The van der Waals surface area contributed by atoms with Gasteiger partial charge in [-0.2, -0.15) is 0 Å². The highest BCUT2D eigenvalue weighted by molar-refractivity contribution is 6.18. The van der Waals surface area contributed by atoms with Crippen LogP contribution in [0.3, 0.4) is 0 Å². The number of nitrogens with zero attached hydrogens (tertiary/aromatic N) is 1. The number of hydrogen-bond donors (Lipinski definition) is 1. The van der Waals surface area contributed by atoms with Crippen LogP contribution < -0.4 is 10.6 Å². The Morgan fingerprint density at radius 2 is 1.88 bits per heavy atom. The molecule has 0 aromatic heterocycles. The van der Waals surface area contributed by atoms with Crippen molar-refractivity contribution < 1.29 is 14.4 Å². The molecule has 2 N–H and O–H groups in total. The minimum absolute atomic E-state index is 0.254. The van der Waals surface area contributed by atoms with Crippen LogP contribution in [-0.4, -0.2) is 24.1 Å². The van der Waals surface area contributed by atoms with E-state index in [1.54, 1.807) is 24.3 Å². The summed E-state index contributed by atoms with van der Waals surface area (Å²) in [6.07, 6.45) is 1.36. The summed E-state index contributed by atoms with van der Waals surface area (Å²) >= 11 is 0. The molecule has 0 bridgehead atoms. The molecule has 2 rings (SSSR count). The van der Waals surface area contributed by atoms with Crippen molar-refractivity contribution in [3.05, 3.63) is 29.8 Å². The second-order valence-corrected chi connectivity index (χ2v) is 3.92. The quantitative estimate of drug-likeness (QED) is 0.594. The first-order valence-electron chi connectivity index (χ1n) is 5.31. The Hall–Kier alpha value is -2.01. The number of anilines is 1. The monoisotopic (exact) mass is 232 g/mol. The van der Waals surface area contributed by atoms with Gasteiger partial charge in [0.15, 0.2) is 0 Å². The molecule has 1 aliphatic heterocycles. The fourth-order valence-corrected chi connectivity index (χ4v) is 1.78.